The van der Waals surface area contributed by atoms with Gasteiger partial charge in [0.1, 0.15) is 18.2 Å². The van der Waals surface area contributed by atoms with E-state index >= 15 is 0 Å². The lowest BCUT2D eigenvalue weighted by Gasteiger charge is -2.29. The van der Waals surface area contributed by atoms with Gasteiger partial charge in [-0.1, -0.05) is 31.0 Å². The highest BCUT2D eigenvalue weighted by molar-refractivity contribution is 5.43. The summed E-state index contributed by atoms with van der Waals surface area (Å²) in [6.45, 7) is 7.43. The minimum Gasteiger partial charge on any atom is -0.439 e. The van der Waals surface area contributed by atoms with Gasteiger partial charge in [0.2, 0.25) is 5.88 Å². The second kappa shape index (κ2) is 12.3. The van der Waals surface area contributed by atoms with E-state index in [-0.39, 0.29) is 25.1 Å². The van der Waals surface area contributed by atoms with Crippen LogP contribution in [0.1, 0.15) is 32.0 Å². The van der Waals surface area contributed by atoms with Crippen LogP contribution < -0.4 is 4.74 Å². The minimum absolute atomic E-state index is 0.144. The zero-order chi connectivity index (χ0) is 24.5. The zero-order valence-corrected chi connectivity index (χ0v) is 19.9. The van der Waals surface area contributed by atoms with Crippen LogP contribution in [0.4, 0.5) is 4.39 Å². The largest absolute Gasteiger partial charge is 0.439 e. The molecule has 1 N–H and O–H groups in total. The van der Waals surface area contributed by atoms with Crippen LogP contribution in [0.25, 0.3) is 5.69 Å². The Hall–Kier alpha value is -3.18. The van der Waals surface area contributed by atoms with E-state index in [0.29, 0.717) is 31.1 Å². The number of aromatic nitrogens is 2. The molecule has 1 heterocycles. The third-order valence-corrected chi connectivity index (χ3v) is 5.42. The summed E-state index contributed by atoms with van der Waals surface area (Å²) in [4.78, 5) is 2.15. The lowest BCUT2D eigenvalue weighted by atomic mass is 10.1. The van der Waals surface area contributed by atoms with E-state index in [9.17, 15) is 9.50 Å². The Balaban J connectivity index is 1.97. The molecule has 0 saturated heterocycles. The van der Waals surface area contributed by atoms with Crippen molar-refractivity contribution in [2.75, 3.05) is 19.8 Å². The molecule has 1 aromatic heterocycles. The standard InChI is InChI=1S/C27H32FN3O3/c1-5-16-33-19-23(32)17-30(20(3)4)18-25-26(6-2)29-31(22-10-8-7-9-11-22)27(25)34-24-14-12-21(28)13-15-24/h1,7-15,20,23,32H,6,16-19H2,2-4H3/t23-/m1/s1. The molecule has 2 aromatic carbocycles. The van der Waals surface area contributed by atoms with E-state index in [1.807, 2.05) is 37.3 Å². The van der Waals surface area contributed by atoms with Gasteiger partial charge < -0.3 is 14.6 Å². The molecule has 34 heavy (non-hydrogen) atoms. The van der Waals surface area contributed by atoms with Crippen LogP contribution in [0, 0.1) is 18.2 Å². The first-order valence-corrected chi connectivity index (χ1v) is 11.5. The molecule has 3 rings (SSSR count). The van der Waals surface area contributed by atoms with Gasteiger partial charge in [0.05, 0.1) is 29.7 Å². The minimum atomic E-state index is -0.688. The number of nitrogens with zero attached hydrogens (tertiary/aromatic N) is 3. The van der Waals surface area contributed by atoms with Crippen molar-refractivity contribution in [3.8, 4) is 29.7 Å². The van der Waals surface area contributed by atoms with Crippen LogP contribution >= 0.6 is 0 Å². The third kappa shape index (κ3) is 6.67. The number of terminal acetylenes is 1. The topological polar surface area (TPSA) is 59.8 Å². The van der Waals surface area contributed by atoms with E-state index in [2.05, 4.69) is 24.7 Å². The summed E-state index contributed by atoms with van der Waals surface area (Å²) < 4.78 is 26.9. The van der Waals surface area contributed by atoms with E-state index in [1.165, 1.54) is 12.1 Å². The fourth-order valence-corrected chi connectivity index (χ4v) is 3.62. The summed E-state index contributed by atoms with van der Waals surface area (Å²) in [7, 11) is 0. The Bertz CT molecular complexity index is 1070. The van der Waals surface area contributed by atoms with Gasteiger partial charge in [-0.15, -0.1) is 6.42 Å². The van der Waals surface area contributed by atoms with Crippen LogP contribution in [0.2, 0.25) is 0 Å². The number of hydrogen-bond acceptors (Lipinski definition) is 5. The number of aryl methyl sites for hydroxylation is 1. The van der Waals surface area contributed by atoms with Crippen molar-refractivity contribution in [3.05, 3.63) is 71.7 Å². The molecule has 0 aliphatic rings. The Kier molecular flexibility index (Phi) is 9.23. The lowest BCUT2D eigenvalue weighted by molar-refractivity contribution is 0.0190. The van der Waals surface area contributed by atoms with Crippen LogP contribution in [0.3, 0.4) is 0 Å². The van der Waals surface area contributed by atoms with Gasteiger partial charge in [0.15, 0.2) is 0 Å². The number of benzene rings is 2. The highest BCUT2D eigenvalue weighted by Crippen LogP contribution is 2.32. The molecule has 0 spiro atoms. The summed E-state index contributed by atoms with van der Waals surface area (Å²) in [5, 5.41) is 15.3. The molecule has 3 aromatic rings. The molecule has 180 valence electrons. The van der Waals surface area contributed by atoms with Crippen LogP contribution in [0.5, 0.6) is 11.6 Å². The van der Waals surface area contributed by atoms with E-state index in [0.717, 1.165) is 16.9 Å². The molecule has 0 radical (unpaired) electrons. The number of aliphatic hydroxyl groups is 1. The van der Waals surface area contributed by atoms with Gasteiger partial charge in [0, 0.05) is 19.1 Å². The Morgan fingerprint density at radius 2 is 1.85 bits per heavy atom. The maximum absolute atomic E-state index is 13.5. The second-order valence-corrected chi connectivity index (χ2v) is 8.28. The third-order valence-electron chi connectivity index (χ3n) is 5.42. The summed E-state index contributed by atoms with van der Waals surface area (Å²) in [6.07, 6.45) is 5.24. The molecule has 7 heteroatoms. The summed E-state index contributed by atoms with van der Waals surface area (Å²) in [5.41, 5.74) is 2.67. The number of hydrogen-bond donors (Lipinski definition) is 1. The van der Waals surface area contributed by atoms with Crippen molar-refractivity contribution in [2.24, 2.45) is 0 Å². The SMILES string of the molecule is C#CCOC[C@H](O)CN(Cc1c(CC)nn(-c2ccccc2)c1Oc1ccc(F)cc1)C(C)C. The maximum atomic E-state index is 13.5. The van der Waals surface area contributed by atoms with Gasteiger partial charge in [-0.3, -0.25) is 4.90 Å². The molecule has 0 aliphatic carbocycles. The molecule has 0 aliphatic heterocycles. The van der Waals surface area contributed by atoms with Crippen LogP contribution in [0.15, 0.2) is 54.6 Å². The van der Waals surface area contributed by atoms with Crippen molar-refractivity contribution in [3.63, 3.8) is 0 Å². The lowest BCUT2D eigenvalue weighted by Crippen LogP contribution is -2.39. The molecular weight excluding hydrogens is 433 g/mol. The molecule has 0 fully saturated rings. The van der Waals surface area contributed by atoms with Gasteiger partial charge in [-0.05, 0) is 56.7 Å². The van der Waals surface area contributed by atoms with Gasteiger partial charge in [0.25, 0.3) is 0 Å². The van der Waals surface area contributed by atoms with Crippen molar-refractivity contribution < 1.29 is 19.0 Å². The number of para-hydroxylation sites is 1. The van der Waals surface area contributed by atoms with E-state index in [1.54, 1.807) is 16.8 Å². The monoisotopic (exact) mass is 465 g/mol. The molecule has 0 amide bonds. The fourth-order valence-electron chi connectivity index (χ4n) is 3.62. The van der Waals surface area contributed by atoms with Crippen molar-refractivity contribution >= 4 is 0 Å². The van der Waals surface area contributed by atoms with Crippen LogP contribution in [-0.2, 0) is 17.7 Å². The molecular formula is C27H32FN3O3. The normalized spacial score (nSPS) is 12.2. The van der Waals surface area contributed by atoms with Crippen molar-refractivity contribution in [1.29, 1.82) is 0 Å². The Morgan fingerprint density at radius 3 is 2.47 bits per heavy atom. The van der Waals surface area contributed by atoms with E-state index < -0.39 is 6.10 Å². The van der Waals surface area contributed by atoms with Gasteiger partial charge >= 0.3 is 0 Å². The molecule has 0 unspecified atom stereocenters. The highest BCUT2D eigenvalue weighted by Gasteiger charge is 2.25. The molecule has 1 atom stereocenters. The number of halogens is 1. The predicted molar refractivity (Wildman–Crippen MR) is 131 cm³/mol. The van der Waals surface area contributed by atoms with Crippen LogP contribution in [-0.4, -0.2) is 51.7 Å². The smallest absolute Gasteiger partial charge is 0.227 e. The predicted octanol–water partition coefficient (Wildman–Crippen LogP) is 4.59. The van der Waals surface area contributed by atoms with E-state index in [4.69, 9.17) is 21.0 Å². The average molecular weight is 466 g/mol. The molecule has 6 nitrogen and oxygen atoms in total. The van der Waals surface area contributed by atoms with Crippen molar-refractivity contribution in [1.82, 2.24) is 14.7 Å². The maximum Gasteiger partial charge on any atom is 0.227 e. The second-order valence-electron chi connectivity index (χ2n) is 8.28. The first-order chi connectivity index (χ1) is 16.4. The quantitative estimate of drug-likeness (QED) is 0.313. The number of aliphatic hydroxyl groups excluding tert-OH is 1. The summed E-state index contributed by atoms with van der Waals surface area (Å²) >= 11 is 0. The Labute approximate surface area is 200 Å². The Morgan fingerprint density at radius 1 is 1.15 bits per heavy atom. The summed E-state index contributed by atoms with van der Waals surface area (Å²) in [5.74, 6) is 3.16. The molecule has 0 bridgehead atoms. The fraction of sp³-hybridized carbons (Fsp3) is 0.370. The first-order valence-electron chi connectivity index (χ1n) is 11.5. The first kappa shape index (κ1) is 25.4. The number of rotatable bonds is 12. The zero-order valence-electron chi connectivity index (χ0n) is 19.9. The molecule has 0 saturated carbocycles. The highest BCUT2D eigenvalue weighted by atomic mass is 19.1. The number of ether oxygens (including phenoxy) is 2. The summed E-state index contributed by atoms with van der Waals surface area (Å²) in [6, 6.07) is 15.8. The van der Waals surface area contributed by atoms with Gasteiger partial charge in [-0.25, -0.2) is 9.07 Å². The average Bonchev–Trinajstić information content (AvgIpc) is 3.17. The van der Waals surface area contributed by atoms with Gasteiger partial charge in [-0.2, -0.15) is 5.10 Å². The van der Waals surface area contributed by atoms with Crippen molar-refractivity contribution in [2.45, 2.75) is 45.9 Å².